The Hall–Kier alpha value is -2.70. The molecule has 1 aromatic heterocycles. The van der Waals surface area contributed by atoms with Crippen molar-refractivity contribution in [1.29, 1.82) is 0 Å². The lowest BCUT2D eigenvalue weighted by Crippen LogP contribution is -2.47. The van der Waals surface area contributed by atoms with Gasteiger partial charge in [0, 0.05) is 11.4 Å². The first-order valence-electron chi connectivity index (χ1n) is 8.68. The zero-order chi connectivity index (χ0) is 17.8. The number of fused-ring (bicyclic) bond motifs is 1. The number of benzene rings is 1. The van der Waals surface area contributed by atoms with Crippen molar-refractivity contribution in [2.24, 2.45) is 10.7 Å². The summed E-state index contributed by atoms with van der Waals surface area (Å²) in [5, 5.41) is 6.47. The van der Waals surface area contributed by atoms with E-state index in [1.54, 1.807) is 0 Å². The van der Waals surface area contributed by atoms with E-state index in [1.807, 2.05) is 32.0 Å². The van der Waals surface area contributed by atoms with Crippen LogP contribution in [0.4, 0.5) is 10.7 Å². The van der Waals surface area contributed by atoms with E-state index < -0.39 is 0 Å². The number of amides is 2. The van der Waals surface area contributed by atoms with Gasteiger partial charge in [-0.3, -0.25) is 5.32 Å². The molecule has 7 nitrogen and oxygen atoms in total. The number of aryl methyl sites for hydroxylation is 2. The lowest BCUT2D eigenvalue weighted by atomic mass is 9.96. The van der Waals surface area contributed by atoms with Crippen molar-refractivity contribution in [3.8, 4) is 0 Å². The molecule has 7 heteroatoms. The number of rotatable bonds is 2. The highest BCUT2D eigenvalue weighted by Gasteiger charge is 2.16. The Balaban J connectivity index is 1.70. The molecular weight excluding hydrogens is 316 g/mol. The van der Waals surface area contributed by atoms with Crippen LogP contribution >= 0.6 is 0 Å². The molecule has 3 rings (SSSR count). The van der Waals surface area contributed by atoms with Crippen molar-refractivity contribution in [2.75, 3.05) is 0 Å². The van der Waals surface area contributed by atoms with E-state index in [-0.39, 0.29) is 24.0 Å². The second-order valence-electron chi connectivity index (χ2n) is 6.56. The highest BCUT2D eigenvalue weighted by atomic mass is 16.2. The summed E-state index contributed by atoms with van der Waals surface area (Å²) in [6.45, 7) is 3.93. The Morgan fingerprint density at radius 3 is 2.72 bits per heavy atom. The van der Waals surface area contributed by atoms with Crippen molar-refractivity contribution < 1.29 is 4.79 Å². The molecule has 0 radical (unpaired) electrons. The summed E-state index contributed by atoms with van der Waals surface area (Å²) >= 11 is 0. The van der Waals surface area contributed by atoms with Crippen molar-refractivity contribution >= 4 is 28.8 Å². The molecule has 2 amide bonds. The maximum Gasteiger partial charge on any atom is 0.321 e. The predicted molar refractivity (Wildman–Crippen MR) is 98.8 cm³/mol. The van der Waals surface area contributed by atoms with Crippen LogP contribution in [-0.4, -0.2) is 28.0 Å². The fraction of sp³-hybridized carbons (Fsp3) is 0.444. The zero-order valence-corrected chi connectivity index (χ0v) is 14.7. The molecule has 2 aromatic rings. The normalized spacial score (nSPS) is 16.0. The van der Waals surface area contributed by atoms with Gasteiger partial charge in [-0.1, -0.05) is 30.9 Å². The molecule has 1 aliphatic rings. The SMILES string of the molecule is Cc1ccc2nc(/N=C(/N)NC(=O)NC3CCCCC3)nc(C)c2c1. The third kappa shape index (κ3) is 4.43. The van der Waals surface area contributed by atoms with Crippen LogP contribution in [0.25, 0.3) is 10.9 Å². The smallest absolute Gasteiger partial charge is 0.321 e. The molecule has 1 saturated carbocycles. The second-order valence-corrected chi connectivity index (χ2v) is 6.56. The Kier molecular flexibility index (Phi) is 5.11. The molecule has 0 saturated heterocycles. The molecule has 0 unspecified atom stereocenters. The number of carbonyl (C=O) groups excluding carboxylic acids is 1. The number of urea groups is 1. The summed E-state index contributed by atoms with van der Waals surface area (Å²) < 4.78 is 0. The summed E-state index contributed by atoms with van der Waals surface area (Å²) in [6.07, 6.45) is 5.56. The highest BCUT2D eigenvalue weighted by molar-refractivity contribution is 5.96. The summed E-state index contributed by atoms with van der Waals surface area (Å²) in [7, 11) is 0. The van der Waals surface area contributed by atoms with Gasteiger partial charge in [0.1, 0.15) is 0 Å². The van der Waals surface area contributed by atoms with Gasteiger partial charge in [-0.15, -0.1) is 0 Å². The minimum Gasteiger partial charge on any atom is -0.369 e. The first-order valence-corrected chi connectivity index (χ1v) is 8.68. The van der Waals surface area contributed by atoms with E-state index in [4.69, 9.17) is 5.73 Å². The number of carbonyl (C=O) groups is 1. The van der Waals surface area contributed by atoms with Crippen LogP contribution in [0.15, 0.2) is 23.2 Å². The predicted octanol–water partition coefficient (Wildman–Crippen LogP) is 2.82. The Bertz CT molecular complexity index is 811. The van der Waals surface area contributed by atoms with Gasteiger partial charge in [0.15, 0.2) is 0 Å². The van der Waals surface area contributed by atoms with Crippen LogP contribution in [0.3, 0.4) is 0 Å². The number of hydrogen-bond donors (Lipinski definition) is 3. The maximum atomic E-state index is 12.0. The number of nitrogens with two attached hydrogens (primary N) is 1. The highest BCUT2D eigenvalue weighted by Crippen LogP contribution is 2.20. The molecule has 0 spiro atoms. The Morgan fingerprint density at radius 2 is 1.96 bits per heavy atom. The van der Waals surface area contributed by atoms with E-state index in [0.29, 0.717) is 0 Å². The summed E-state index contributed by atoms with van der Waals surface area (Å²) in [5.41, 5.74) is 8.61. The molecule has 0 aliphatic heterocycles. The topological polar surface area (TPSA) is 105 Å². The van der Waals surface area contributed by atoms with Gasteiger partial charge < -0.3 is 11.1 Å². The van der Waals surface area contributed by atoms with Gasteiger partial charge in [0.05, 0.1) is 11.2 Å². The van der Waals surface area contributed by atoms with Gasteiger partial charge in [-0.2, -0.15) is 4.99 Å². The minimum absolute atomic E-state index is 0.0147. The van der Waals surface area contributed by atoms with Gasteiger partial charge in [-0.05, 0) is 38.8 Å². The fourth-order valence-corrected chi connectivity index (χ4v) is 3.15. The van der Waals surface area contributed by atoms with E-state index in [9.17, 15) is 4.79 Å². The molecule has 0 bridgehead atoms. The molecule has 132 valence electrons. The number of hydrogen-bond acceptors (Lipinski definition) is 4. The van der Waals surface area contributed by atoms with Crippen LogP contribution in [0.2, 0.25) is 0 Å². The van der Waals surface area contributed by atoms with Crippen molar-refractivity contribution in [1.82, 2.24) is 20.6 Å². The van der Waals surface area contributed by atoms with E-state index in [1.165, 1.54) is 6.42 Å². The summed E-state index contributed by atoms with van der Waals surface area (Å²) in [5.74, 6) is 0.225. The Morgan fingerprint density at radius 1 is 1.20 bits per heavy atom. The molecule has 1 fully saturated rings. The first kappa shape index (κ1) is 17.1. The fourth-order valence-electron chi connectivity index (χ4n) is 3.15. The third-order valence-corrected chi connectivity index (χ3v) is 4.43. The van der Waals surface area contributed by atoms with E-state index in [2.05, 4.69) is 25.6 Å². The molecule has 1 aromatic carbocycles. The monoisotopic (exact) mass is 340 g/mol. The van der Waals surface area contributed by atoms with Crippen molar-refractivity contribution in [3.05, 3.63) is 29.5 Å². The van der Waals surface area contributed by atoms with Gasteiger partial charge in [0.2, 0.25) is 5.96 Å². The molecule has 1 aliphatic carbocycles. The molecule has 25 heavy (non-hydrogen) atoms. The molecular formula is C18H24N6O. The van der Waals surface area contributed by atoms with Crippen LogP contribution in [0.5, 0.6) is 0 Å². The largest absolute Gasteiger partial charge is 0.369 e. The molecule has 4 N–H and O–H groups in total. The zero-order valence-electron chi connectivity index (χ0n) is 14.7. The number of aliphatic imine (C=N–C) groups is 1. The van der Waals surface area contributed by atoms with E-state index in [0.717, 1.165) is 47.8 Å². The average Bonchev–Trinajstić information content (AvgIpc) is 2.56. The lowest BCUT2D eigenvalue weighted by Gasteiger charge is -2.22. The number of nitrogens with zero attached hydrogens (tertiary/aromatic N) is 3. The van der Waals surface area contributed by atoms with Crippen LogP contribution in [0.1, 0.15) is 43.4 Å². The maximum absolute atomic E-state index is 12.0. The molecule has 1 heterocycles. The van der Waals surface area contributed by atoms with Crippen LogP contribution < -0.4 is 16.4 Å². The van der Waals surface area contributed by atoms with Crippen LogP contribution in [0, 0.1) is 13.8 Å². The van der Waals surface area contributed by atoms with Gasteiger partial charge in [0.25, 0.3) is 5.95 Å². The van der Waals surface area contributed by atoms with Crippen LogP contribution in [-0.2, 0) is 0 Å². The first-order chi connectivity index (χ1) is 12.0. The summed E-state index contributed by atoms with van der Waals surface area (Å²) in [4.78, 5) is 24.9. The van der Waals surface area contributed by atoms with Crippen molar-refractivity contribution in [2.45, 2.75) is 52.0 Å². The van der Waals surface area contributed by atoms with E-state index >= 15 is 0 Å². The van der Waals surface area contributed by atoms with Crippen molar-refractivity contribution in [3.63, 3.8) is 0 Å². The average molecular weight is 340 g/mol. The van der Waals surface area contributed by atoms with Gasteiger partial charge in [-0.25, -0.2) is 14.8 Å². The lowest BCUT2D eigenvalue weighted by molar-refractivity contribution is 0.237. The quantitative estimate of drug-likeness (QED) is 0.577. The molecule has 0 atom stereocenters. The Labute approximate surface area is 147 Å². The number of guanidine groups is 1. The summed E-state index contributed by atoms with van der Waals surface area (Å²) in [6, 6.07) is 5.83. The third-order valence-electron chi connectivity index (χ3n) is 4.43. The number of nitrogens with one attached hydrogen (secondary N) is 2. The number of aromatic nitrogens is 2. The minimum atomic E-state index is -0.332. The van der Waals surface area contributed by atoms with Gasteiger partial charge >= 0.3 is 6.03 Å². The standard InChI is InChI=1S/C18H24N6O/c1-11-8-9-15-14(10-11)12(2)20-17(22-15)23-16(19)24-18(25)21-13-6-4-3-5-7-13/h8-10,13H,3-7H2,1-2H3,(H4,19,20,21,22,23,24,25). The second kappa shape index (κ2) is 7.46.